The van der Waals surface area contributed by atoms with Crippen LogP contribution in [-0.2, 0) is 4.79 Å². The molecule has 0 saturated carbocycles. The van der Waals surface area contributed by atoms with Crippen LogP contribution in [0.25, 0.3) is 0 Å². The van der Waals surface area contributed by atoms with Crippen molar-refractivity contribution in [1.82, 2.24) is 15.1 Å². The summed E-state index contributed by atoms with van der Waals surface area (Å²) in [6.45, 7) is 6.60. The summed E-state index contributed by atoms with van der Waals surface area (Å²) in [6, 6.07) is 3.26. The molecule has 0 aromatic heterocycles. The number of methoxy groups -OCH3 is 1. The molecule has 33 heavy (non-hydrogen) atoms. The minimum atomic E-state index is -0.189. The Hall–Kier alpha value is -2.43. The van der Waals surface area contributed by atoms with Crippen LogP contribution in [0.3, 0.4) is 0 Å². The van der Waals surface area contributed by atoms with Gasteiger partial charge >= 0.3 is 0 Å². The Balaban J connectivity index is 1.41. The number of nitrogen functional groups attached to an aromatic ring is 1. The van der Waals surface area contributed by atoms with Crippen molar-refractivity contribution in [2.24, 2.45) is 5.92 Å². The van der Waals surface area contributed by atoms with Crippen molar-refractivity contribution in [1.29, 1.82) is 0 Å². The predicted molar refractivity (Wildman–Crippen MR) is 131 cm³/mol. The SMILES string of the molecule is CCCC#CC(=O)N1CCC(CN2CCC(NC(=O)c3cc(Cl)c(N)cc3OC)CC2)CC1. The number of likely N-dealkylation sites (tertiary alicyclic amines) is 2. The molecule has 2 aliphatic rings. The largest absolute Gasteiger partial charge is 0.496 e. The second-order valence-corrected chi connectivity index (χ2v) is 9.32. The number of rotatable bonds is 6. The quantitative estimate of drug-likeness (QED) is 0.488. The maximum Gasteiger partial charge on any atom is 0.298 e. The molecular weight excluding hydrogens is 440 g/mol. The van der Waals surface area contributed by atoms with E-state index in [2.05, 4.69) is 29.0 Å². The van der Waals surface area contributed by atoms with Gasteiger partial charge in [-0.2, -0.15) is 0 Å². The lowest BCUT2D eigenvalue weighted by Gasteiger charge is -2.37. The Labute approximate surface area is 202 Å². The monoisotopic (exact) mass is 474 g/mol. The minimum absolute atomic E-state index is 0.0301. The molecule has 0 aliphatic carbocycles. The Morgan fingerprint density at radius 2 is 1.88 bits per heavy atom. The van der Waals surface area contributed by atoms with Crippen molar-refractivity contribution >= 4 is 29.1 Å². The van der Waals surface area contributed by atoms with Gasteiger partial charge in [-0.1, -0.05) is 24.4 Å². The number of hydrogen-bond acceptors (Lipinski definition) is 5. The molecule has 3 rings (SSSR count). The van der Waals surface area contributed by atoms with E-state index in [-0.39, 0.29) is 17.9 Å². The van der Waals surface area contributed by atoms with Crippen molar-refractivity contribution in [3.05, 3.63) is 22.7 Å². The van der Waals surface area contributed by atoms with Gasteiger partial charge in [-0.3, -0.25) is 9.59 Å². The van der Waals surface area contributed by atoms with Crippen LogP contribution in [0, 0.1) is 17.8 Å². The van der Waals surface area contributed by atoms with Gasteiger partial charge in [-0.05, 0) is 50.0 Å². The maximum absolute atomic E-state index is 12.8. The summed E-state index contributed by atoms with van der Waals surface area (Å²) in [5, 5.41) is 3.46. The summed E-state index contributed by atoms with van der Waals surface area (Å²) in [6.07, 6.45) is 5.61. The highest BCUT2D eigenvalue weighted by molar-refractivity contribution is 6.33. The standard InChI is InChI=1S/C25H35ClN4O3/c1-3-4-5-6-24(31)30-13-7-18(8-14-30)17-29-11-9-19(10-12-29)28-25(32)20-15-21(26)22(27)16-23(20)33-2/h15-16,18-19H,3-4,7-14,17,27H2,1-2H3,(H,28,32). The van der Waals surface area contributed by atoms with Gasteiger partial charge in [0.1, 0.15) is 5.75 Å². The Morgan fingerprint density at radius 1 is 1.18 bits per heavy atom. The average Bonchev–Trinajstić information content (AvgIpc) is 2.82. The van der Waals surface area contributed by atoms with Crippen LogP contribution in [0.1, 0.15) is 55.8 Å². The van der Waals surface area contributed by atoms with Crippen molar-refractivity contribution in [3.63, 3.8) is 0 Å². The van der Waals surface area contributed by atoms with E-state index in [1.807, 2.05) is 4.90 Å². The number of halogens is 1. The number of anilines is 1. The molecule has 7 nitrogen and oxygen atoms in total. The fourth-order valence-electron chi connectivity index (χ4n) is 4.46. The van der Waals surface area contributed by atoms with E-state index in [4.69, 9.17) is 22.1 Å². The summed E-state index contributed by atoms with van der Waals surface area (Å²) in [7, 11) is 1.51. The molecule has 0 spiro atoms. The van der Waals surface area contributed by atoms with Crippen LogP contribution in [0.2, 0.25) is 5.02 Å². The van der Waals surface area contributed by atoms with Gasteiger partial charge < -0.3 is 25.6 Å². The first-order valence-corrected chi connectivity index (χ1v) is 12.2. The van der Waals surface area contributed by atoms with Crippen LogP contribution in [-0.4, -0.2) is 67.5 Å². The number of nitrogens with zero attached hydrogens (tertiary/aromatic N) is 2. The van der Waals surface area contributed by atoms with Crippen LogP contribution in [0.4, 0.5) is 5.69 Å². The third-order valence-corrected chi connectivity index (χ3v) is 6.80. The van der Waals surface area contributed by atoms with E-state index >= 15 is 0 Å². The molecule has 2 saturated heterocycles. The van der Waals surface area contributed by atoms with Crippen LogP contribution >= 0.6 is 11.6 Å². The molecule has 2 fully saturated rings. The lowest BCUT2D eigenvalue weighted by Crippen LogP contribution is -2.47. The van der Waals surface area contributed by atoms with E-state index in [0.29, 0.717) is 27.9 Å². The zero-order valence-electron chi connectivity index (χ0n) is 19.7. The molecule has 3 N–H and O–H groups in total. The fraction of sp³-hybridized carbons (Fsp3) is 0.600. The molecule has 0 radical (unpaired) electrons. The van der Waals surface area contributed by atoms with Gasteiger partial charge in [0.2, 0.25) is 0 Å². The van der Waals surface area contributed by atoms with Crippen LogP contribution in [0.5, 0.6) is 5.75 Å². The minimum Gasteiger partial charge on any atom is -0.496 e. The molecule has 180 valence electrons. The topological polar surface area (TPSA) is 87.9 Å². The number of benzene rings is 1. The maximum atomic E-state index is 12.8. The van der Waals surface area contributed by atoms with Crippen LogP contribution in [0.15, 0.2) is 12.1 Å². The lowest BCUT2D eigenvalue weighted by atomic mass is 9.94. The van der Waals surface area contributed by atoms with E-state index in [1.54, 1.807) is 12.1 Å². The number of nitrogens with one attached hydrogen (secondary N) is 1. The molecule has 2 heterocycles. The van der Waals surface area contributed by atoms with Gasteiger partial charge in [-0.25, -0.2) is 0 Å². The number of nitrogens with two attached hydrogens (primary N) is 1. The third-order valence-electron chi connectivity index (χ3n) is 6.47. The number of hydrogen-bond donors (Lipinski definition) is 2. The second-order valence-electron chi connectivity index (χ2n) is 8.91. The van der Waals surface area contributed by atoms with E-state index in [0.717, 1.165) is 71.2 Å². The number of unbranched alkanes of at least 4 members (excludes halogenated alkanes) is 1. The molecule has 0 atom stereocenters. The van der Waals surface area contributed by atoms with Gasteiger partial charge in [0.15, 0.2) is 0 Å². The Kier molecular flexibility index (Phi) is 9.28. The summed E-state index contributed by atoms with van der Waals surface area (Å²) in [4.78, 5) is 29.3. The molecule has 0 bridgehead atoms. The normalized spacial score (nSPS) is 17.8. The lowest BCUT2D eigenvalue weighted by molar-refractivity contribution is -0.126. The summed E-state index contributed by atoms with van der Waals surface area (Å²) >= 11 is 6.10. The summed E-state index contributed by atoms with van der Waals surface area (Å²) in [5.41, 5.74) is 6.60. The highest BCUT2D eigenvalue weighted by Crippen LogP contribution is 2.29. The first-order valence-electron chi connectivity index (χ1n) is 11.8. The molecule has 1 aromatic carbocycles. The Bertz CT molecular complexity index is 895. The van der Waals surface area contributed by atoms with Crippen molar-refractivity contribution in [3.8, 4) is 17.6 Å². The first kappa shape index (κ1) is 25.2. The number of piperidine rings is 2. The first-order chi connectivity index (χ1) is 15.9. The summed E-state index contributed by atoms with van der Waals surface area (Å²) in [5.74, 6) is 6.52. The summed E-state index contributed by atoms with van der Waals surface area (Å²) < 4.78 is 5.30. The number of carbonyl (C=O) groups excluding carboxylic acids is 2. The number of amides is 2. The highest BCUT2D eigenvalue weighted by atomic mass is 35.5. The fourth-order valence-corrected chi connectivity index (χ4v) is 4.63. The number of carbonyl (C=O) groups is 2. The van der Waals surface area contributed by atoms with Crippen LogP contribution < -0.4 is 15.8 Å². The predicted octanol–water partition coefficient (Wildman–Crippen LogP) is 3.17. The van der Waals surface area contributed by atoms with Crippen molar-refractivity contribution < 1.29 is 14.3 Å². The van der Waals surface area contributed by atoms with Gasteiger partial charge in [0.05, 0.1) is 23.4 Å². The zero-order chi connectivity index (χ0) is 23.8. The number of ether oxygens (including phenoxy) is 1. The highest BCUT2D eigenvalue weighted by Gasteiger charge is 2.27. The van der Waals surface area contributed by atoms with Gasteiger partial charge in [0, 0.05) is 51.3 Å². The second kappa shape index (κ2) is 12.2. The van der Waals surface area contributed by atoms with E-state index < -0.39 is 0 Å². The van der Waals surface area contributed by atoms with Crippen molar-refractivity contribution in [2.45, 2.75) is 51.5 Å². The third kappa shape index (κ3) is 7.02. The molecule has 2 amide bonds. The van der Waals surface area contributed by atoms with E-state index in [9.17, 15) is 9.59 Å². The van der Waals surface area contributed by atoms with Gasteiger partial charge in [0.25, 0.3) is 11.8 Å². The molecule has 1 aromatic rings. The molecule has 2 aliphatic heterocycles. The van der Waals surface area contributed by atoms with Crippen molar-refractivity contribution in [2.75, 3.05) is 45.6 Å². The smallest absolute Gasteiger partial charge is 0.298 e. The molecule has 0 unspecified atom stereocenters. The zero-order valence-corrected chi connectivity index (χ0v) is 20.4. The molecule has 8 heteroatoms. The van der Waals surface area contributed by atoms with Gasteiger partial charge in [-0.15, -0.1) is 0 Å². The molecular formula is C25H35ClN4O3. The van der Waals surface area contributed by atoms with E-state index in [1.165, 1.54) is 7.11 Å². The Morgan fingerprint density at radius 3 is 2.52 bits per heavy atom. The average molecular weight is 475 g/mol.